The van der Waals surface area contributed by atoms with Crippen molar-refractivity contribution in [3.63, 3.8) is 0 Å². The Labute approximate surface area is 216 Å². The van der Waals surface area contributed by atoms with Crippen LogP contribution in [0, 0.1) is 11.3 Å². The summed E-state index contributed by atoms with van der Waals surface area (Å²) in [7, 11) is 1.33. The average Bonchev–Trinajstić information content (AvgIpc) is 2.85. The molecule has 1 fully saturated rings. The predicted molar refractivity (Wildman–Crippen MR) is 133 cm³/mol. The highest BCUT2D eigenvalue weighted by atomic mass is 35.5. The first-order chi connectivity index (χ1) is 16.7. The molecule has 1 unspecified atom stereocenters. The number of hydrazine groups is 1. The lowest BCUT2D eigenvalue weighted by atomic mass is 9.92. The monoisotopic (exact) mass is 526 g/mol. The molecule has 0 bridgehead atoms. The Kier molecular flexibility index (Phi) is 6.99. The van der Waals surface area contributed by atoms with Crippen molar-refractivity contribution in [3.05, 3.63) is 98.5 Å². The number of rotatable bonds is 4. The third-order valence-electron chi connectivity index (χ3n) is 5.55. The minimum absolute atomic E-state index is 0.119. The smallest absolute Gasteiger partial charge is 0.272 e. The molecular formula is C25H17Cl3N4O3. The van der Waals surface area contributed by atoms with Crippen LogP contribution < -0.4 is 5.01 Å². The lowest BCUT2D eigenvalue weighted by molar-refractivity contribution is -0.129. The van der Waals surface area contributed by atoms with Crippen LogP contribution in [0.15, 0.2) is 66.7 Å². The number of benzene rings is 3. The van der Waals surface area contributed by atoms with E-state index in [1.165, 1.54) is 19.2 Å². The second-order valence-electron chi connectivity index (χ2n) is 7.71. The van der Waals surface area contributed by atoms with Crippen LogP contribution in [-0.2, 0) is 4.79 Å². The highest BCUT2D eigenvalue weighted by Gasteiger charge is 2.40. The summed E-state index contributed by atoms with van der Waals surface area (Å²) in [5, 5.41) is 12.7. The van der Waals surface area contributed by atoms with Crippen molar-refractivity contribution in [1.29, 1.82) is 5.26 Å². The van der Waals surface area contributed by atoms with Crippen molar-refractivity contribution in [2.24, 2.45) is 0 Å². The number of nitrogens with zero attached hydrogens (tertiary/aromatic N) is 4. The number of halogens is 3. The van der Waals surface area contributed by atoms with Crippen LogP contribution in [0.5, 0.6) is 0 Å². The zero-order valence-corrected chi connectivity index (χ0v) is 20.6. The number of anilines is 1. The number of amides is 4. The molecule has 1 saturated heterocycles. The van der Waals surface area contributed by atoms with Gasteiger partial charge in [-0.05, 0) is 42.0 Å². The standard InChI is InChI=1S/C25H17Cl3N4O3/c1-30-22(33)14-31(24(34)16-5-3-2-4-6-16)32(25(30)35)18-11-20(27)23(21(28)12-18)19(13-29)15-7-9-17(26)10-8-15/h2-12,19H,14H2,1H3. The van der Waals surface area contributed by atoms with Crippen LogP contribution in [0.1, 0.15) is 27.4 Å². The number of hydrogen-bond donors (Lipinski definition) is 0. The minimum atomic E-state index is -0.801. The number of carbonyl (C=O) groups excluding carboxylic acids is 3. The molecule has 0 saturated carbocycles. The maximum atomic E-state index is 13.2. The van der Waals surface area contributed by atoms with Gasteiger partial charge in [-0.3, -0.25) is 14.5 Å². The Balaban J connectivity index is 1.78. The molecule has 35 heavy (non-hydrogen) atoms. The van der Waals surface area contributed by atoms with Gasteiger partial charge in [0.05, 0.1) is 17.7 Å². The fourth-order valence-corrected chi connectivity index (χ4v) is 4.55. The molecule has 0 aliphatic carbocycles. The van der Waals surface area contributed by atoms with E-state index in [1.807, 2.05) is 0 Å². The summed E-state index contributed by atoms with van der Waals surface area (Å²) in [4.78, 5) is 39.7. The Morgan fingerprint density at radius 3 is 2.14 bits per heavy atom. The zero-order chi connectivity index (χ0) is 25.3. The summed E-state index contributed by atoms with van der Waals surface area (Å²) in [5.74, 6) is -1.89. The Morgan fingerprint density at radius 1 is 0.971 bits per heavy atom. The molecule has 0 radical (unpaired) electrons. The fourth-order valence-electron chi connectivity index (χ4n) is 3.73. The van der Waals surface area contributed by atoms with Crippen LogP contribution >= 0.6 is 34.8 Å². The molecule has 1 atom stereocenters. The molecular weight excluding hydrogens is 511 g/mol. The Hall–Kier alpha value is -3.57. The lowest BCUT2D eigenvalue weighted by Gasteiger charge is -2.41. The number of imide groups is 1. The molecule has 3 aromatic carbocycles. The number of urea groups is 1. The van der Waals surface area contributed by atoms with Crippen molar-refractivity contribution in [2.45, 2.75) is 5.92 Å². The Bertz CT molecular complexity index is 1330. The lowest BCUT2D eigenvalue weighted by Crippen LogP contribution is -2.63. The second kappa shape index (κ2) is 9.96. The van der Waals surface area contributed by atoms with Crippen LogP contribution in [0.2, 0.25) is 15.1 Å². The van der Waals surface area contributed by atoms with E-state index in [1.54, 1.807) is 54.6 Å². The fraction of sp³-hybridized carbons (Fsp3) is 0.120. The molecule has 4 rings (SSSR count). The number of likely N-dealkylation sites (N-methyl/N-ethyl adjacent to an activating group) is 1. The van der Waals surface area contributed by atoms with Crippen LogP contribution in [0.4, 0.5) is 10.5 Å². The third kappa shape index (κ3) is 4.69. The van der Waals surface area contributed by atoms with Gasteiger partial charge in [0, 0.05) is 33.2 Å². The first-order valence-electron chi connectivity index (χ1n) is 10.3. The van der Waals surface area contributed by atoms with E-state index in [-0.39, 0.29) is 22.3 Å². The molecule has 0 N–H and O–H groups in total. The zero-order valence-electron chi connectivity index (χ0n) is 18.3. The molecule has 4 amide bonds. The van der Waals surface area contributed by atoms with E-state index in [9.17, 15) is 19.6 Å². The summed E-state index contributed by atoms with van der Waals surface area (Å²) in [6, 6.07) is 19.3. The van der Waals surface area contributed by atoms with E-state index in [0.717, 1.165) is 14.9 Å². The first-order valence-corrected chi connectivity index (χ1v) is 11.5. The van der Waals surface area contributed by atoms with Crippen molar-refractivity contribution < 1.29 is 14.4 Å². The number of hydrogen-bond acceptors (Lipinski definition) is 4. The highest BCUT2D eigenvalue weighted by Crippen LogP contribution is 2.39. The van der Waals surface area contributed by atoms with Gasteiger partial charge in [0.2, 0.25) is 0 Å². The van der Waals surface area contributed by atoms with E-state index in [0.29, 0.717) is 21.7 Å². The summed E-state index contributed by atoms with van der Waals surface area (Å²) in [6.45, 7) is -0.363. The molecule has 1 heterocycles. The second-order valence-corrected chi connectivity index (χ2v) is 8.96. The van der Waals surface area contributed by atoms with Crippen LogP contribution in [0.3, 0.4) is 0 Å². The van der Waals surface area contributed by atoms with Gasteiger partial charge in [-0.25, -0.2) is 9.80 Å². The molecule has 7 nitrogen and oxygen atoms in total. The van der Waals surface area contributed by atoms with Gasteiger partial charge in [-0.15, -0.1) is 0 Å². The molecule has 3 aromatic rings. The molecule has 0 spiro atoms. The largest absolute Gasteiger partial charge is 0.350 e. The van der Waals surface area contributed by atoms with Crippen molar-refractivity contribution >= 4 is 58.3 Å². The summed E-state index contributed by atoms with van der Waals surface area (Å²) in [6.07, 6.45) is 0. The molecule has 1 aliphatic heterocycles. The molecule has 10 heteroatoms. The van der Waals surface area contributed by atoms with Gasteiger partial charge in [-0.1, -0.05) is 65.1 Å². The van der Waals surface area contributed by atoms with Crippen molar-refractivity contribution in [1.82, 2.24) is 9.91 Å². The van der Waals surface area contributed by atoms with Gasteiger partial charge in [0.25, 0.3) is 11.8 Å². The van der Waals surface area contributed by atoms with Gasteiger partial charge < -0.3 is 0 Å². The molecule has 1 aliphatic rings. The highest BCUT2D eigenvalue weighted by molar-refractivity contribution is 6.37. The minimum Gasteiger partial charge on any atom is -0.272 e. The van der Waals surface area contributed by atoms with E-state index < -0.39 is 23.8 Å². The van der Waals surface area contributed by atoms with Crippen LogP contribution in [0.25, 0.3) is 0 Å². The first kappa shape index (κ1) is 24.6. The predicted octanol–water partition coefficient (Wildman–Crippen LogP) is 5.76. The van der Waals surface area contributed by atoms with Gasteiger partial charge >= 0.3 is 6.03 Å². The van der Waals surface area contributed by atoms with Crippen LogP contribution in [-0.4, -0.2) is 41.3 Å². The maximum Gasteiger partial charge on any atom is 0.350 e. The topological polar surface area (TPSA) is 84.7 Å². The maximum absolute atomic E-state index is 13.2. The number of carbonyl (C=O) groups is 3. The SMILES string of the molecule is CN1C(=O)CN(C(=O)c2ccccc2)N(c2cc(Cl)c(C(C#N)c3ccc(Cl)cc3)c(Cl)c2)C1=O. The average molecular weight is 528 g/mol. The van der Waals surface area contributed by atoms with Crippen molar-refractivity contribution in [3.8, 4) is 6.07 Å². The van der Waals surface area contributed by atoms with Crippen molar-refractivity contribution in [2.75, 3.05) is 18.6 Å². The Morgan fingerprint density at radius 2 is 1.57 bits per heavy atom. The molecule has 0 aromatic heterocycles. The summed E-state index contributed by atoms with van der Waals surface area (Å²) >= 11 is 19.1. The van der Waals surface area contributed by atoms with E-state index in [2.05, 4.69) is 6.07 Å². The van der Waals surface area contributed by atoms with Gasteiger partial charge in [-0.2, -0.15) is 10.3 Å². The quantitative estimate of drug-likeness (QED) is 0.432. The van der Waals surface area contributed by atoms with E-state index >= 15 is 0 Å². The number of nitriles is 1. The summed E-state index contributed by atoms with van der Waals surface area (Å²) in [5.41, 5.74) is 1.44. The van der Waals surface area contributed by atoms with Gasteiger partial charge in [0.15, 0.2) is 0 Å². The van der Waals surface area contributed by atoms with E-state index in [4.69, 9.17) is 34.8 Å². The summed E-state index contributed by atoms with van der Waals surface area (Å²) < 4.78 is 0. The van der Waals surface area contributed by atoms with Gasteiger partial charge in [0.1, 0.15) is 6.54 Å². The third-order valence-corrected chi connectivity index (χ3v) is 6.43. The molecule has 176 valence electrons. The normalized spacial score (nSPS) is 14.7.